The van der Waals surface area contributed by atoms with Gasteiger partial charge in [0.2, 0.25) is 0 Å². The molecule has 0 aromatic heterocycles. The molecule has 0 aliphatic carbocycles. The number of halogens is 1. The number of nitrogens with one attached hydrogen (secondary N) is 2. The van der Waals surface area contributed by atoms with E-state index in [1.807, 2.05) is 26.0 Å². The molecule has 36 heavy (non-hydrogen) atoms. The van der Waals surface area contributed by atoms with Gasteiger partial charge in [-0.05, 0) is 67.4 Å². The minimum absolute atomic E-state index is 0.0252. The van der Waals surface area contributed by atoms with Crippen molar-refractivity contribution in [3.63, 3.8) is 0 Å². The zero-order valence-corrected chi connectivity index (χ0v) is 20.9. The van der Waals surface area contributed by atoms with Crippen molar-refractivity contribution in [3.8, 4) is 11.5 Å². The van der Waals surface area contributed by atoms with E-state index >= 15 is 0 Å². The fourth-order valence-electron chi connectivity index (χ4n) is 3.74. The summed E-state index contributed by atoms with van der Waals surface area (Å²) in [6.45, 7) is 3.70. The van der Waals surface area contributed by atoms with Crippen molar-refractivity contribution in [2.24, 2.45) is 0 Å². The minimum Gasteiger partial charge on any atom is -0.497 e. The van der Waals surface area contributed by atoms with Gasteiger partial charge in [0.1, 0.15) is 22.2 Å². The molecule has 1 aliphatic heterocycles. The molecule has 0 fully saturated rings. The van der Waals surface area contributed by atoms with E-state index in [0.717, 1.165) is 16.0 Å². The molecule has 2 N–H and O–H groups in total. The zero-order valence-electron chi connectivity index (χ0n) is 20.1. The van der Waals surface area contributed by atoms with Gasteiger partial charge in [-0.2, -0.15) is 0 Å². The van der Waals surface area contributed by atoms with E-state index < -0.39 is 11.8 Å². The molecule has 1 heterocycles. The number of imide groups is 1. The van der Waals surface area contributed by atoms with Crippen LogP contribution in [0.5, 0.6) is 11.5 Å². The van der Waals surface area contributed by atoms with Crippen molar-refractivity contribution >= 4 is 46.4 Å². The first-order chi connectivity index (χ1) is 17.2. The number of hydrogen-bond acceptors (Lipinski definition) is 6. The van der Waals surface area contributed by atoms with Crippen LogP contribution in [0.25, 0.3) is 0 Å². The summed E-state index contributed by atoms with van der Waals surface area (Å²) in [5, 5.41) is 5.52. The van der Waals surface area contributed by atoms with E-state index in [4.69, 9.17) is 21.1 Å². The number of methoxy groups -OCH3 is 2. The van der Waals surface area contributed by atoms with Crippen LogP contribution in [0.2, 0.25) is 0 Å². The summed E-state index contributed by atoms with van der Waals surface area (Å²) in [4.78, 5) is 39.7. The predicted octanol–water partition coefficient (Wildman–Crippen LogP) is 5.01. The average molecular weight is 506 g/mol. The number of carbonyl (C=O) groups excluding carboxylic acids is 3. The Labute approximate surface area is 213 Å². The van der Waals surface area contributed by atoms with Crippen LogP contribution < -0.4 is 25.0 Å². The highest BCUT2D eigenvalue weighted by molar-refractivity contribution is 6.53. The van der Waals surface area contributed by atoms with Crippen molar-refractivity contribution in [1.82, 2.24) is 0 Å². The first-order valence-electron chi connectivity index (χ1n) is 11.0. The normalized spacial score (nSPS) is 13.2. The van der Waals surface area contributed by atoms with E-state index in [1.165, 1.54) is 7.11 Å². The lowest BCUT2D eigenvalue weighted by Gasteiger charge is -2.18. The summed E-state index contributed by atoms with van der Waals surface area (Å²) >= 11 is 6.25. The third-order valence-corrected chi connectivity index (χ3v) is 6.06. The number of ether oxygens (including phenoxy) is 2. The number of amides is 3. The Kier molecular flexibility index (Phi) is 6.98. The molecule has 3 amide bonds. The maximum atomic E-state index is 13.1. The van der Waals surface area contributed by atoms with Crippen LogP contribution in [0.3, 0.4) is 0 Å². The molecular weight excluding hydrogens is 482 g/mol. The van der Waals surface area contributed by atoms with Crippen LogP contribution in [0.1, 0.15) is 21.5 Å². The van der Waals surface area contributed by atoms with Crippen LogP contribution in [0, 0.1) is 13.8 Å². The van der Waals surface area contributed by atoms with Gasteiger partial charge in [0.25, 0.3) is 17.7 Å². The standard InChI is InChI=1S/C27H24ClN3O5/c1-15-5-6-16(2)21(13-15)31-26(33)23(28)24(27(31)34)29-18-9-7-17(8-10-18)25(32)30-20-12-11-19(35-3)14-22(20)36-4/h5-14,29H,1-4H3,(H,30,32). The molecule has 0 radical (unpaired) electrons. The molecule has 1 aliphatic rings. The Morgan fingerprint density at radius 1 is 0.889 bits per heavy atom. The van der Waals surface area contributed by atoms with Crippen LogP contribution in [-0.2, 0) is 9.59 Å². The highest BCUT2D eigenvalue weighted by Crippen LogP contribution is 2.33. The topological polar surface area (TPSA) is 97.0 Å². The summed E-state index contributed by atoms with van der Waals surface area (Å²) in [5.74, 6) is -0.436. The van der Waals surface area contributed by atoms with Crippen molar-refractivity contribution in [2.75, 3.05) is 29.8 Å². The molecule has 9 heteroatoms. The molecule has 3 aromatic carbocycles. The summed E-state index contributed by atoms with van der Waals surface area (Å²) < 4.78 is 10.5. The van der Waals surface area contributed by atoms with Crippen LogP contribution in [0.4, 0.5) is 17.1 Å². The molecule has 4 rings (SSSR count). The van der Waals surface area contributed by atoms with E-state index in [2.05, 4.69) is 10.6 Å². The fourth-order valence-corrected chi connectivity index (χ4v) is 3.95. The van der Waals surface area contributed by atoms with Gasteiger partial charge in [0.05, 0.1) is 25.6 Å². The van der Waals surface area contributed by atoms with E-state index in [9.17, 15) is 14.4 Å². The zero-order chi connectivity index (χ0) is 26.0. The van der Waals surface area contributed by atoms with Gasteiger partial charge in [-0.15, -0.1) is 0 Å². The predicted molar refractivity (Wildman–Crippen MR) is 139 cm³/mol. The molecule has 0 saturated heterocycles. The molecule has 0 saturated carbocycles. The Morgan fingerprint density at radius 2 is 1.61 bits per heavy atom. The van der Waals surface area contributed by atoms with Crippen molar-refractivity contribution < 1.29 is 23.9 Å². The number of benzene rings is 3. The molecule has 184 valence electrons. The summed E-state index contributed by atoms with van der Waals surface area (Å²) in [5.41, 5.74) is 3.51. The molecule has 0 spiro atoms. The highest BCUT2D eigenvalue weighted by atomic mass is 35.5. The lowest BCUT2D eigenvalue weighted by molar-refractivity contribution is -0.120. The number of hydrogen-bond donors (Lipinski definition) is 2. The second-order valence-electron chi connectivity index (χ2n) is 8.15. The second kappa shape index (κ2) is 10.1. The third kappa shape index (κ3) is 4.76. The number of anilines is 3. The Hall–Kier alpha value is -4.30. The summed E-state index contributed by atoms with van der Waals surface area (Å²) in [6.07, 6.45) is 0. The fraction of sp³-hybridized carbons (Fsp3) is 0.148. The largest absolute Gasteiger partial charge is 0.497 e. The van der Waals surface area contributed by atoms with Crippen LogP contribution >= 0.6 is 11.6 Å². The Balaban J connectivity index is 1.50. The van der Waals surface area contributed by atoms with Crippen LogP contribution in [-0.4, -0.2) is 31.9 Å². The lowest BCUT2D eigenvalue weighted by atomic mass is 10.1. The third-order valence-electron chi connectivity index (χ3n) is 5.71. The van der Waals surface area contributed by atoms with Gasteiger partial charge in [-0.25, -0.2) is 4.90 Å². The molecule has 3 aromatic rings. The number of rotatable bonds is 7. The minimum atomic E-state index is -0.595. The SMILES string of the molecule is COc1ccc(NC(=O)c2ccc(NC3=C(Cl)C(=O)N(c4cc(C)ccc4C)C3=O)cc2)c(OC)c1. The second-order valence-corrected chi connectivity index (χ2v) is 8.53. The van der Waals surface area contributed by atoms with Gasteiger partial charge in [0, 0.05) is 17.3 Å². The van der Waals surface area contributed by atoms with Crippen molar-refractivity contribution in [2.45, 2.75) is 13.8 Å². The van der Waals surface area contributed by atoms with Crippen LogP contribution in [0.15, 0.2) is 71.4 Å². The van der Waals surface area contributed by atoms with E-state index in [1.54, 1.807) is 55.6 Å². The quantitative estimate of drug-likeness (QED) is 0.438. The first kappa shape index (κ1) is 24.8. The number of carbonyl (C=O) groups is 3. The van der Waals surface area contributed by atoms with E-state index in [0.29, 0.717) is 34.1 Å². The lowest BCUT2D eigenvalue weighted by Crippen LogP contribution is -2.32. The van der Waals surface area contributed by atoms with Gasteiger partial charge in [-0.1, -0.05) is 23.7 Å². The van der Waals surface area contributed by atoms with Crippen molar-refractivity contribution in [1.29, 1.82) is 0 Å². The Bertz CT molecular complexity index is 1400. The molecular formula is C27H24ClN3O5. The maximum Gasteiger partial charge on any atom is 0.283 e. The number of nitrogens with zero attached hydrogens (tertiary/aromatic N) is 1. The van der Waals surface area contributed by atoms with Gasteiger partial charge < -0.3 is 20.1 Å². The van der Waals surface area contributed by atoms with Gasteiger partial charge in [-0.3, -0.25) is 14.4 Å². The first-order valence-corrected chi connectivity index (χ1v) is 11.4. The van der Waals surface area contributed by atoms with E-state index in [-0.39, 0.29) is 16.6 Å². The molecule has 0 bridgehead atoms. The molecule has 8 nitrogen and oxygen atoms in total. The van der Waals surface area contributed by atoms with Gasteiger partial charge >= 0.3 is 0 Å². The Morgan fingerprint density at radius 3 is 2.28 bits per heavy atom. The summed E-state index contributed by atoms with van der Waals surface area (Å²) in [6, 6.07) is 17.0. The van der Waals surface area contributed by atoms with Gasteiger partial charge in [0.15, 0.2) is 0 Å². The summed E-state index contributed by atoms with van der Waals surface area (Å²) in [7, 11) is 3.04. The number of aryl methyl sites for hydroxylation is 2. The monoisotopic (exact) mass is 505 g/mol. The molecule has 0 unspecified atom stereocenters. The average Bonchev–Trinajstić information content (AvgIpc) is 3.09. The molecule has 0 atom stereocenters. The smallest absolute Gasteiger partial charge is 0.283 e. The maximum absolute atomic E-state index is 13.1. The highest BCUT2D eigenvalue weighted by Gasteiger charge is 2.39. The van der Waals surface area contributed by atoms with Crippen molar-refractivity contribution in [3.05, 3.63) is 88.1 Å².